The maximum absolute atomic E-state index is 5.98. The zero-order valence-electron chi connectivity index (χ0n) is 9.57. The Morgan fingerprint density at radius 2 is 2.21 bits per heavy atom. The van der Waals surface area contributed by atoms with Crippen molar-refractivity contribution >= 4 is 0 Å². The molecule has 0 radical (unpaired) electrons. The first-order chi connectivity index (χ1) is 6.68. The third kappa shape index (κ3) is 3.43. The number of hydrogen-bond donors (Lipinski definition) is 1. The van der Waals surface area contributed by atoms with Crippen LogP contribution in [0.15, 0.2) is 12.2 Å². The Bertz CT molecular complexity index is 185. The van der Waals surface area contributed by atoms with Gasteiger partial charge in [0.15, 0.2) is 0 Å². The fourth-order valence-electron chi connectivity index (χ4n) is 1.83. The van der Waals surface area contributed by atoms with E-state index in [1.54, 1.807) is 0 Å². The van der Waals surface area contributed by atoms with E-state index in [0.29, 0.717) is 0 Å². The third-order valence-corrected chi connectivity index (χ3v) is 3.03. The van der Waals surface area contributed by atoms with Crippen LogP contribution in [0.1, 0.15) is 39.0 Å². The van der Waals surface area contributed by atoms with Gasteiger partial charge in [0.2, 0.25) is 0 Å². The smallest absolute Gasteiger partial charge is 0.0694 e. The molecule has 1 fully saturated rings. The van der Waals surface area contributed by atoms with Gasteiger partial charge in [0, 0.05) is 0 Å². The summed E-state index contributed by atoms with van der Waals surface area (Å²) in [6.07, 6.45) is 5.97. The van der Waals surface area contributed by atoms with Gasteiger partial charge in [-0.25, -0.2) is 0 Å². The van der Waals surface area contributed by atoms with Gasteiger partial charge in [0.1, 0.15) is 0 Å². The SMILES string of the molecule is C=C(C)CCOC1(CCNC)CCC1. The molecule has 1 aliphatic rings. The van der Waals surface area contributed by atoms with Crippen molar-refractivity contribution in [3.63, 3.8) is 0 Å². The zero-order valence-corrected chi connectivity index (χ0v) is 9.57. The fourth-order valence-corrected chi connectivity index (χ4v) is 1.83. The highest BCUT2D eigenvalue weighted by Crippen LogP contribution is 2.38. The maximum Gasteiger partial charge on any atom is 0.0694 e. The van der Waals surface area contributed by atoms with Crippen molar-refractivity contribution in [2.24, 2.45) is 0 Å². The van der Waals surface area contributed by atoms with Crippen LogP contribution < -0.4 is 5.32 Å². The van der Waals surface area contributed by atoms with Crippen LogP contribution in [0.4, 0.5) is 0 Å². The van der Waals surface area contributed by atoms with Crippen LogP contribution in [0.25, 0.3) is 0 Å². The van der Waals surface area contributed by atoms with Gasteiger partial charge in [-0.2, -0.15) is 0 Å². The lowest BCUT2D eigenvalue weighted by atomic mass is 9.77. The highest BCUT2D eigenvalue weighted by atomic mass is 16.5. The number of rotatable bonds is 7. The molecule has 1 saturated carbocycles. The summed E-state index contributed by atoms with van der Waals surface area (Å²) in [6, 6.07) is 0. The molecule has 0 aromatic heterocycles. The zero-order chi connectivity index (χ0) is 10.4. The topological polar surface area (TPSA) is 21.3 Å². The minimum atomic E-state index is 0.207. The average Bonchev–Trinajstić information content (AvgIpc) is 2.07. The van der Waals surface area contributed by atoms with E-state index in [1.165, 1.54) is 24.8 Å². The predicted molar refractivity (Wildman–Crippen MR) is 60.5 cm³/mol. The molecule has 0 aromatic rings. The van der Waals surface area contributed by atoms with Crippen LogP contribution in [0.3, 0.4) is 0 Å². The second kappa shape index (κ2) is 5.52. The minimum Gasteiger partial charge on any atom is -0.375 e. The summed E-state index contributed by atoms with van der Waals surface area (Å²) in [4.78, 5) is 0. The van der Waals surface area contributed by atoms with Gasteiger partial charge in [-0.3, -0.25) is 0 Å². The molecular formula is C12H23NO. The molecule has 0 saturated heterocycles. The first kappa shape index (κ1) is 11.7. The van der Waals surface area contributed by atoms with Gasteiger partial charge in [-0.1, -0.05) is 5.57 Å². The summed E-state index contributed by atoms with van der Waals surface area (Å²) in [5.74, 6) is 0. The largest absolute Gasteiger partial charge is 0.375 e. The third-order valence-electron chi connectivity index (χ3n) is 3.03. The summed E-state index contributed by atoms with van der Waals surface area (Å²) in [5, 5.41) is 3.19. The second-order valence-corrected chi connectivity index (χ2v) is 4.45. The maximum atomic E-state index is 5.98. The molecule has 0 bridgehead atoms. The molecule has 82 valence electrons. The quantitative estimate of drug-likeness (QED) is 0.633. The monoisotopic (exact) mass is 197 g/mol. The van der Waals surface area contributed by atoms with Crippen molar-refractivity contribution in [1.82, 2.24) is 5.32 Å². The van der Waals surface area contributed by atoms with Gasteiger partial charge in [0.25, 0.3) is 0 Å². The lowest BCUT2D eigenvalue weighted by Crippen LogP contribution is -2.42. The van der Waals surface area contributed by atoms with Crippen molar-refractivity contribution in [2.45, 2.75) is 44.6 Å². The molecular weight excluding hydrogens is 174 g/mol. The Kier molecular flexibility index (Phi) is 4.63. The summed E-state index contributed by atoms with van der Waals surface area (Å²) in [7, 11) is 2.00. The van der Waals surface area contributed by atoms with E-state index in [2.05, 4.69) is 18.8 Å². The molecule has 14 heavy (non-hydrogen) atoms. The van der Waals surface area contributed by atoms with E-state index < -0.39 is 0 Å². The molecule has 0 aromatic carbocycles. The first-order valence-corrected chi connectivity index (χ1v) is 5.61. The Balaban J connectivity index is 2.19. The van der Waals surface area contributed by atoms with Crippen molar-refractivity contribution < 1.29 is 4.74 Å². The Morgan fingerprint density at radius 3 is 2.64 bits per heavy atom. The van der Waals surface area contributed by atoms with Crippen molar-refractivity contribution in [1.29, 1.82) is 0 Å². The van der Waals surface area contributed by atoms with Crippen LogP contribution in [-0.2, 0) is 4.74 Å². The van der Waals surface area contributed by atoms with E-state index in [-0.39, 0.29) is 5.60 Å². The lowest BCUT2D eigenvalue weighted by Gasteiger charge is -2.42. The van der Waals surface area contributed by atoms with Gasteiger partial charge in [0.05, 0.1) is 12.2 Å². The number of ether oxygens (including phenoxy) is 1. The minimum absolute atomic E-state index is 0.207. The van der Waals surface area contributed by atoms with Crippen LogP contribution >= 0.6 is 0 Å². The normalized spacial score (nSPS) is 19.0. The molecule has 0 atom stereocenters. The highest BCUT2D eigenvalue weighted by Gasteiger charge is 2.36. The summed E-state index contributed by atoms with van der Waals surface area (Å²) >= 11 is 0. The molecule has 0 heterocycles. The molecule has 1 N–H and O–H groups in total. The standard InChI is InChI=1S/C12H23NO/c1-11(2)5-10-14-12(6-4-7-12)8-9-13-3/h13H,1,4-10H2,2-3H3. The molecule has 0 spiro atoms. The highest BCUT2D eigenvalue weighted by molar-refractivity contribution is 4.92. The summed E-state index contributed by atoms with van der Waals surface area (Å²) < 4.78 is 5.98. The predicted octanol–water partition coefficient (Wildman–Crippen LogP) is 2.50. The average molecular weight is 197 g/mol. The molecule has 2 heteroatoms. The first-order valence-electron chi connectivity index (χ1n) is 5.61. The Morgan fingerprint density at radius 1 is 1.50 bits per heavy atom. The van der Waals surface area contributed by atoms with Crippen molar-refractivity contribution in [2.75, 3.05) is 20.2 Å². The number of hydrogen-bond acceptors (Lipinski definition) is 2. The van der Waals surface area contributed by atoms with Gasteiger partial charge in [-0.15, -0.1) is 6.58 Å². The van der Waals surface area contributed by atoms with E-state index in [0.717, 1.165) is 26.0 Å². The van der Waals surface area contributed by atoms with Crippen LogP contribution in [0.2, 0.25) is 0 Å². The molecule has 1 rings (SSSR count). The summed E-state index contributed by atoms with van der Waals surface area (Å²) in [5.41, 5.74) is 1.42. The van der Waals surface area contributed by atoms with Crippen LogP contribution in [-0.4, -0.2) is 25.8 Å². The molecule has 2 nitrogen and oxygen atoms in total. The Hall–Kier alpha value is -0.340. The fraction of sp³-hybridized carbons (Fsp3) is 0.833. The van der Waals surface area contributed by atoms with Crippen LogP contribution in [0, 0.1) is 0 Å². The number of nitrogens with one attached hydrogen (secondary N) is 1. The van der Waals surface area contributed by atoms with Crippen molar-refractivity contribution in [3.05, 3.63) is 12.2 Å². The van der Waals surface area contributed by atoms with Gasteiger partial charge >= 0.3 is 0 Å². The molecule has 0 aliphatic heterocycles. The van der Waals surface area contributed by atoms with E-state index in [4.69, 9.17) is 4.74 Å². The molecule has 0 unspecified atom stereocenters. The second-order valence-electron chi connectivity index (χ2n) is 4.45. The lowest BCUT2D eigenvalue weighted by molar-refractivity contribution is -0.103. The van der Waals surface area contributed by atoms with Crippen molar-refractivity contribution in [3.8, 4) is 0 Å². The summed E-state index contributed by atoms with van der Waals surface area (Å²) in [6.45, 7) is 7.86. The molecule has 0 amide bonds. The van der Waals surface area contributed by atoms with Crippen LogP contribution in [0.5, 0.6) is 0 Å². The van der Waals surface area contributed by atoms with E-state index >= 15 is 0 Å². The Labute approximate surface area is 87.7 Å². The van der Waals surface area contributed by atoms with Gasteiger partial charge in [-0.05, 0) is 52.6 Å². The van der Waals surface area contributed by atoms with E-state index in [9.17, 15) is 0 Å². The molecule has 1 aliphatic carbocycles. The van der Waals surface area contributed by atoms with E-state index in [1.807, 2.05) is 7.05 Å². The van der Waals surface area contributed by atoms with Gasteiger partial charge < -0.3 is 10.1 Å².